The first-order valence-corrected chi connectivity index (χ1v) is 8.23. The molecule has 3 rings (SSSR count). The van der Waals surface area contributed by atoms with Gasteiger partial charge >= 0.3 is 6.18 Å². The molecule has 0 aromatic heterocycles. The number of hydrogen-bond donors (Lipinski definition) is 2. The molecule has 2 N–H and O–H groups in total. The SMILES string of the molecule is O=C(Nc1ccc([C@H]2CCCNC2)cc1)c1ccc(C(F)(F)F)cc1. The topological polar surface area (TPSA) is 41.1 Å². The van der Waals surface area contributed by atoms with E-state index in [1.807, 2.05) is 24.3 Å². The second-order valence-electron chi connectivity index (χ2n) is 6.19. The number of halogens is 3. The maximum Gasteiger partial charge on any atom is 0.416 e. The predicted molar refractivity (Wildman–Crippen MR) is 90.7 cm³/mol. The van der Waals surface area contributed by atoms with Crippen LogP contribution >= 0.6 is 0 Å². The van der Waals surface area contributed by atoms with E-state index < -0.39 is 17.6 Å². The molecule has 1 fully saturated rings. The van der Waals surface area contributed by atoms with Crippen LogP contribution in [-0.4, -0.2) is 19.0 Å². The largest absolute Gasteiger partial charge is 0.416 e. The average Bonchev–Trinajstić information content (AvgIpc) is 2.62. The molecule has 132 valence electrons. The van der Waals surface area contributed by atoms with Gasteiger partial charge < -0.3 is 10.6 Å². The Bertz CT molecular complexity index is 718. The lowest BCUT2D eigenvalue weighted by Gasteiger charge is -2.23. The Morgan fingerprint density at radius 3 is 2.28 bits per heavy atom. The molecule has 25 heavy (non-hydrogen) atoms. The van der Waals surface area contributed by atoms with Crippen molar-refractivity contribution in [1.82, 2.24) is 5.32 Å². The van der Waals surface area contributed by atoms with Crippen LogP contribution in [0.1, 0.15) is 40.2 Å². The van der Waals surface area contributed by atoms with E-state index in [4.69, 9.17) is 0 Å². The van der Waals surface area contributed by atoms with E-state index in [1.165, 1.54) is 17.7 Å². The van der Waals surface area contributed by atoms with Crippen LogP contribution in [0.25, 0.3) is 0 Å². The van der Waals surface area contributed by atoms with Gasteiger partial charge in [0.05, 0.1) is 5.56 Å². The number of carbonyl (C=O) groups excluding carboxylic acids is 1. The summed E-state index contributed by atoms with van der Waals surface area (Å²) in [5.41, 5.74) is 1.26. The van der Waals surface area contributed by atoms with Crippen molar-refractivity contribution in [2.75, 3.05) is 18.4 Å². The minimum Gasteiger partial charge on any atom is -0.322 e. The Morgan fingerprint density at radius 2 is 1.72 bits per heavy atom. The lowest BCUT2D eigenvalue weighted by atomic mass is 9.91. The van der Waals surface area contributed by atoms with Gasteiger partial charge in [0, 0.05) is 17.8 Å². The molecule has 0 bridgehead atoms. The maximum atomic E-state index is 12.6. The maximum absolute atomic E-state index is 12.6. The van der Waals surface area contributed by atoms with Crippen molar-refractivity contribution in [2.24, 2.45) is 0 Å². The van der Waals surface area contributed by atoms with Crippen molar-refractivity contribution in [3.8, 4) is 0 Å². The molecule has 0 spiro atoms. The number of benzene rings is 2. The zero-order valence-corrected chi connectivity index (χ0v) is 13.6. The van der Waals surface area contributed by atoms with Gasteiger partial charge in [-0.1, -0.05) is 12.1 Å². The van der Waals surface area contributed by atoms with Crippen LogP contribution in [0.5, 0.6) is 0 Å². The molecule has 1 saturated heterocycles. The summed E-state index contributed by atoms with van der Waals surface area (Å²) in [6.07, 6.45) is -2.11. The zero-order valence-electron chi connectivity index (χ0n) is 13.6. The summed E-state index contributed by atoms with van der Waals surface area (Å²) in [6.45, 7) is 2.01. The van der Waals surface area contributed by atoms with Gasteiger partial charge in [-0.05, 0) is 67.3 Å². The molecule has 0 saturated carbocycles. The Balaban J connectivity index is 1.64. The Hall–Kier alpha value is -2.34. The van der Waals surface area contributed by atoms with Crippen LogP contribution in [-0.2, 0) is 6.18 Å². The first-order valence-electron chi connectivity index (χ1n) is 8.23. The van der Waals surface area contributed by atoms with E-state index in [9.17, 15) is 18.0 Å². The molecule has 1 heterocycles. The molecular formula is C19H19F3N2O. The molecule has 0 aliphatic carbocycles. The molecule has 0 unspecified atom stereocenters. The third-order valence-corrected chi connectivity index (χ3v) is 4.41. The lowest BCUT2D eigenvalue weighted by Crippen LogP contribution is -2.28. The van der Waals surface area contributed by atoms with Crippen molar-refractivity contribution in [1.29, 1.82) is 0 Å². The third kappa shape index (κ3) is 4.39. The predicted octanol–water partition coefficient (Wildman–Crippen LogP) is 4.42. The number of piperidine rings is 1. The standard InChI is InChI=1S/C19H19F3N2O/c20-19(21,22)16-7-3-14(4-8-16)18(25)24-17-9-5-13(6-10-17)15-2-1-11-23-12-15/h3-10,15,23H,1-2,11-12H2,(H,24,25)/t15-/m0/s1. The highest BCUT2D eigenvalue weighted by molar-refractivity contribution is 6.04. The molecule has 1 aliphatic rings. The van der Waals surface area contributed by atoms with Crippen LogP contribution in [0.4, 0.5) is 18.9 Å². The fraction of sp³-hybridized carbons (Fsp3) is 0.316. The number of alkyl halides is 3. The van der Waals surface area contributed by atoms with Gasteiger partial charge in [0.1, 0.15) is 0 Å². The Morgan fingerprint density at radius 1 is 1.04 bits per heavy atom. The number of hydrogen-bond acceptors (Lipinski definition) is 2. The monoisotopic (exact) mass is 348 g/mol. The van der Waals surface area contributed by atoms with Crippen LogP contribution in [0.3, 0.4) is 0 Å². The summed E-state index contributed by atoms with van der Waals surface area (Å²) < 4.78 is 37.7. The van der Waals surface area contributed by atoms with E-state index in [-0.39, 0.29) is 5.56 Å². The molecule has 3 nitrogen and oxygen atoms in total. The highest BCUT2D eigenvalue weighted by Gasteiger charge is 2.30. The fourth-order valence-electron chi connectivity index (χ4n) is 2.99. The van der Waals surface area contributed by atoms with Crippen molar-refractivity contribution in [3.63, 3.8) is 0 Å². The van der Waals surface area contributed by atoms with Gasteiger partial charge in [-0.3, -0.25) is 4.79 Å². The second kappa shape index (κ2) is 7.27. The van der Waals surface area contributed by atoms with E-state index >= 15 is 0 Å². The summed E-state index contributed by atoms with van der Waals surface area (Å²) in [6, 6.07) is 11.8. The molecule has 1 amide bonds. The minimum absolute atomic E-state index is 0.188. The third-order valence-electron chi connectivity index (χ3n) is 4.41. The average molecular weight is 348 g/mol. The summed E-state index contributed by atoms with van der Waals surface area (Å²) in [5, 5.41) is 6.08. The van der Waals surface area contributed by atoms with Gasteiger partial charge in [-0.2, -0.15) is 13.2 Å². The summed E-state index contributed by atoms with van der Waals surface area (Å²) >= 11 is 0. The fourth-order valence-corrected chi connectivity index (χ4v) is 2.99. The molecule has 6 heteroatoms. The van der Waals surface area contributed by atoms with E-state index in [2.05, 4.69) is 10.6 Å². The van der Waals surface area contributed by atoms with Gasteiger partial charge in [-0.15, -0.1) is 0 Å². The number of nitrogens with one attached hydrogen (secondary N) is 2. The number of anilines is 1. The van der Waals surface area contributed by atoms with E-state index in [1.54, 1.807) is 0 Å². The van der Waals surface area contributed by atoms with Crippen LogP contribution in [0, 0.1) is 0 Å². The van der Waals surface area contributed by atoms with Crippen molar-refractivity contribution in [3.05, 3.63) is 65.2 Å². The normalized spacial score (nSPS) is 18.0. The highest BCUT2D eigenvalue weighted by atomic mass is 19.4. The molecule has 1 atom stereocenters. The van der Waals surface area contributed by atoms with Crippen molar-refractivity contribution >= 4 is 11.6 Å². The van der Waals surface area contributed by atoms with Crippen molar-refractivity contribution in [2.45, 2.75) is 24.9 Å². The van der Waals surface area contributed by atoms with Gasteiger partial charge in [0.15, 0.2) is 0 Å². The quantitative estimate of drug-likeness (QED) is 0.862. The summed E-state index contributed by atoms with van der Waals surface area (Å²) in [7, 11) is 0. The minimum atomic E-state index is -4.40. The van der Waals surface area contributed by atoms with Crippen LogP contribution < -0.4 is 10.6 Å². The number of carbonyl (C=O) groups is 1. The Kier molecular flexibility index (Phi) is 5.08. The van der Waals surface area contributed by atoms with Crippen LogP contribution in [0.15, 0.2) is 48.5 Å². The number of amides is 1. The summed E-state index contributed by atoms with van der Waals surface area (Å²) in [4.78, 5) is 12.2. The van der Waals surface area contributed by atoms with Gasteiger partial charge in [0.25, 0.3) is 5.91 Å². The second-order valence-corrected chi connectivity index (χ2v) is 6.19. The molecule has 2 aromatic carbocycles. The first kappa shape index (κ1) is 17.5. The molecular weight excluding hydrogens is 329 g/mol. The molecule has 0 radical (unpaired) electrons. The van der Waals surface area contributed by atoms with E-state index in [0.717, 1.165) is 38.1 Å². The highest BCUT2D eigenvalue weighted by Crippen LogP contribution is 2.29. The van der Waals surface area contributed by atoms with Gasteiger partial charge in [0.2, 0.25) is 0 Å². The molecule has 1 aliphatic heterocycles. The van der Waals surface area contributed by atoms with Crippen molar-refractivity contribution < 1.29 is 18.0 Å². The van der Waals surface area contributed by atoms with Crippen LogP contribution in [0.2, 0.25) is 0 Å². The first-order chi connectivity index (χ1) is 11.9. The van der Waals surface area contributed by atoms with E-state index in [0.29, 0.717) is 11.6 Å². The summed E-state index contributed by atoms with van der Waals surface area (Å²) in [5.74, 6) is 0.0502. The Labute approximate surface area is 144 Å². The zero-order chi connectivity index (χ0) is 17.9. The lowest BCUT2D eigenvalue weighted by molar-refractivity contribution is -0.137. The molecule has 2 aromatic rings. The van der Waals surface area contributed by atoms with Gasteiger partial charge in [-0.25, -0.2) is 0 Å². The smallest absolute Gasteiger partial charge is 0.322 e. The number of rotatable bonds is 3.